The first-order valence-electron chi connectivity index (χ1n) is 7.79. The Hall–Kier alpha value is -2.00. The van der Waals surface area contributed by atoms with Crippen LogP contribution >= 0.6 is 0 Å². The quantitative estimate of drug-likeness (QED) is 0.757. The fourth-order valence-corrected chi connectivity index (χ4v) is 3.18. The molecule has 4 rings (SSSR count). The van der Waals surface area contributed by atoms with Crippen molar-refractivity contribution in [1.82, 2.24) is 5.32 Å². The number of fused-ring (bicyclic) bond motifs is 3. The molecule has 1 atom stereocenters. The Balaban J connectivity index is 1.59. The highest BCUT2D eigenvalue weighted by Gasteiger charge is 2.12. The Morgan fingerprint density at radius 2 is 1.95 bits per heavy atom. The van der Waals surface area contributed by atoms with Gasteiger partial charge in [0.25, 0.3) is 0 Å². The minimum atomic E-state index is 0.593. The summed E-state index contributed by atoms with van der Waals surface area (Å²) in [6, 6.07) is 15.2. The van der Waals surface area contributed by atoms with Crippen LogP contribution in [0.1, 0.15) is 19.3 Å². The van der Waals surface area contributed by atoms with Gasteiger partial charge in [0.2, 0.25) is 0 Å². The molecule has 1 unspecified atom stereocenters. The van der Waals surface area contributed by atoms with E-state index in [1.165, 1.54) is 35.7 Å². The Morgan fingerprint density at radius 3 is 2.86 bits per heavy atom. The maximum Gasteiger partial charge on any atom is 0.135 e. The fraction of sp³-hybridized carbons (Fsp3) is 0.333. The summed E-state index contributed by atoms with van der Waals surface area (Å²) in [6.07, 6.45) is 3.91. The maximum absolute atomic E-state index is 5.86. The number of para-hydroxylation sites is 1. The standard InChI is InChI=1S/C18H20N2O/c1-2-7-17-15(6-1)16-11-13(8-9-18(16)21-17)20-12-14-5-3-4-10-19-14/h1-2,6-9,11,14,19-20H,3-5,10,12H2. The van der Waals surface area contributed by atoms with E-state index in [4.69, 9.17) is 4.42 Å². The van der Waals surface area contributed by atoms with Gasteiger partial charge in [0.05, 0.1) is 0 Å². The van der Waals surface area contributed by atoms with Crippen molar-refractivity contribution in [2.75, 3.05) is 18.4 Å². The van der Waals surface area contributed by atoms with Gasteiger partial charge in [-0.15, -0.1) is 0 Å². The van der Waals surface area contributed by atoms with Crippen molar-refractivity contribution in [2.24, 2.45) is 0 Å². The number of rotatable bonds is 3. The Bertz CT molecular complexity index is 756. The third kappa shape index (κ3) is 2.49. The monoisotopic (exact) mass is 280 g/mol. The average Bonchev–Trinajstić information content (AvgIpc) is 2.92. The lowest BCUT2D eigenvalue weighted by Crippen LogP contribution is -2.39. The van der Waals surface area contributed by atoms with Crippen LogP contribution in [-0.2, 0) is 0 Å². The van der Waals surface area contributed by atoms with Crippen LogP contribution in [0.4, 0.5) is 5.69 Å². The summed E-state index contributed by atoms with van der Waals surface area (Å²) in [4.78, 5) is 0. The predicted molar refractivity (Wildman–Crippen MR) is 87.9 cm³/mol. The summed E-state index contributed by atoms with van der Waals surface area (Å²) < 4.78 is 5.86. The van der Waals surface area contributed by atoms with E-state index in [-0.39, 0.29) is 0 Å². The second-order valence-corrected chi connectivity index (χ2v) is 5.84. The van der Waals surface area contributed by atoms with Gasteiger partial charge in [0.15, 0.2) is 0 Å². The molecule has 0 aliphatic carbocycles. The number of nitrogens with one attached hydrogen (secondary N) is 2. The van der Waals surface area contributed by atoms with Crippen molar-refractivity contribution >= 4 is 27.6 Å². The van der Waals surface area contributed by atoms with Gasteiger partial charge in [0.1, 0.15) is 11.2 Å². The summed E-state index contributed by atoms with van der Waals surface area (Å²) in [5.41, 5.74) is 3.08. The van der Waals surface area contributed by atoms with E-state index in [9.17, 15) is 0 Å². The molecule has 0 saturated carbocycles. The normalized spacial score (nSPS) is 19.1. The molecule has 0 spiro atoms. The molecule has 1 aliphatic heterocycles. The van der Waals surface area contributed by atoms with Crippen molar-refractivity contribution in [3.8, 4) is 0 Å². The van der Waals surface area contributed by atoms with Gasteiger partial charge in [-0.3, -0.25) is 0 Å². The van der Waals surface area contributed by atoms with E-state index in [0.717, 1.165) is 24.3 Å². The van der Waals surface area contributed by atoms with Crippen LogP contribution in [-0.4, -0.2) is 19.1 Å². The molecule has 1 aromatic heterocycles. The van der Waals surface area contributed by atoms with Crippen LogP contribution in [0, 0.1) is 0 Å². The van der Waals surface area contributed by atoms with E-state index in [1.807, 2.05) is 12.1 Å². The smallest absolute Gasteiger partial charge is 0.135 e. The number of benzene rings is 2. The van der Waals surface area contributed by atoms with Gasteiger partial charge in [0, 0.05) is 29.0 Å². The third-order valence-electron chi connectivity index (χ3n) is 4.34. The first kappa shape index (κ1) is 12.7. The molecule has 0 bridgehead atoms. The van der Waals surface area contributed by atoms with E-state index in [2.05, 4.69) is 41.0 Å². The zero-order chi connectivity index (χ0) is 14.1. The number of hydrogen-bond acceptors (Lipinski definition) is 3. The molecule has 1 saturated heterocycles. The Labute approximate surface area is 124 Å². The topological polar surface area (TPSA) is 37.2 Å². The van der Waals surface area contributed by atoms with Gasteiger partial charge in [-0.1, -0.05) is 24.6 Å². The van der Waals surface area contributed by atoms with Crippen molar-refractivity contribution in [3.63, 3.8) is 0 Å². The summed E-state index contributed by atoms with van der Waals surface area (Å²) in [7, 11) is 0. The fourth-order valence-electron chi connectivity index (χ4n) is 3.18. The molecule has 1 aliphatic rings. The molecule has 21 heavy (non-hydrogen) atoms. The van der Waals surface area contributed by atoms with Crippen molar-refractivity contribution < 1.29 is 4.42 Å². The van der Waals surface area contributed by atoms with E-state index in [1.54, 1.807) is 0 Å². The van der Waals surface area contributed by atoms with Gasteiger partial charge >= 0.3 is 0 Å². The second-order valence-electron chi connectivity index (χ2n) is 5.84. The SMILES string of the molecule is c1ccc2c(c1)oc1ccc(NCC3CCCCN3)cc12. The highest BCUT2D eigenvalue weighted by molar-refractivity contribution is 6.05. The molecule has 1 fully saturated rings. The van der Waals surface area contributed by atoms with E-state index >= 15 is 0 Å². The molecule has 0 amide bonds. The largest absolute Gasteiger partial charge is 0.456 e. The number of anilines is 1. The lowest BCUT2D eigenvalue weighted by atomic mass is 10.0. The van der Waals surface area contributed by atoms with Crippen molar-refractivity contribution in [3.05, 3.63) is 42.5 Å². The zero-order valence-corrected chi connectivity index (χ0v) is 12.1. The Kier molecular flexibility index (Phi) is 3.28. The summed E-state index contributed by atoms with van der Waals surface area (Å²) in [5, 5.41) is 9.50. The van der Waals surface area contributed by atoms with Gasteiger partial charge < -0.3 is 15.1 Å². The number of hydrogen-bond donors (Lipinski definition) is 2. The zero-order valence-electron chi connectivity index (χ0n) is 12.1. The predicted octanol–water partition coefficient (Wildman–Crippen LogP) is 4.14. The van der Waals surface area contributed by atoms with Crippen LogP contribution in [0.15, 0.2) is 46.9 Å². The van der Waals surface area contributed by atoms with Crippen LogP contribution < -0.4 is 10.6 Å². The van der Waals surface area contributed by atoms with Gasteiger partial charge in [-0.2, -0.15) is 0 Å². The first-order valence-corrected chi connectivity index (χ1v) is 7.79. The highest BCUT2D eigenvalue weighted by atomic mass is 16.3. The second kappa shape index (κ2) is 5.41. The summed E-state index contributed by atoms with van der Waals surface area (Å²) in [5.74, 6) is 0. The van der Waals surface area contributed by atoms with E-state index < -0.39 is 0 Å². The molecule has 0 radical (unpaired) electrons. The molecular weight excluding hydrogens is 260 g/mol. The molecule has 108 valence electrons. The molecule has 2 aromatic carbocycles. The van der Waals surface area contributed by atoms with Crippen LogP contribution in [0.25, 0.3) is 21.9 Å². The van der Waals surface area contributed by atoms with Crippen LogP contribution in [0.5, 0.6) is 0 Å². The van der Waals surface area contributed by atoms with Crippen molar-refractivity contribution in [2.45, 2.75) is 25.3 Å². The molecule has 2 heterocycles. The first-order chi connectivity index (χ1) is 10.4. The van der Waals surface area contributed by atoms with Crippen LogP contribution in [0.2, 0.25) is 0 Å². The van der Waals surface area contributed by atoms with Gasteiger partial charge in [-0.05, 0) is 43.7 Å². The van der Waals surface area contributed by atoms with E-state index in [0.29, 0.717) is 6.04 Å². The molecular formula is C18H20N2O. The molecule has 3 heteroatoms. The molecule has 2 N–H and O–H groups in total. The lowest BCUT2D eigenvalue weighted by molar-refractivity contribution is 0.414. The maximum atomic E-state index is 5.86. The number of furan rings is 1. The lowest BCUT2D eigenvalue weighted by Gasteiger charge is -2.24. The van der Waals surface area contributed by atoms with Crippen molar-refractivity contribution in [1.29, 1.82) is 0 Å². The number of piperidine rings is 1. The van der Waals surface area contributed by atoms with Crippen LogP contribution in [0.3, 0.4) is 0 Å². The highest BCUT2D eigenvalue weighted by Crippen LogP contribution is 2.30. The average molecular weight is 280 g/mol. The summed E-state index contributed by atoms with van der Waals surface area (Å²) in [6.45, 7) is 2.14. The third-order valence-corrected chi connectivity index (χ3v) is 4.34. The Morgan fingerprint density at radius 1 is 1.05 bits per heavy atom. The minimum Gasteiger partial charge on any atom is -0.456 e. The molecule has 3 nitrogen and oxygen atoms in total. The minimum absolute atomic E-state index is 0.593. The van der Waals surface area contributed by atoms with Gasteiger partial charge in [-0.25, -0.2) is 0 Å². The summed E-state index contributed by atoms with van der Waals surface area (Å²) >= 11 is 0. The molecule has 3 aromatic rings.